The minimum atomic E-state index is -0.575. The van der Waals surface area contributed by atoms with Crippen molar-refractivity contribution in [2.45, 2.75) is 96.2 Å². The molecule has 2 aliphatic rings. The Kier molecular flexibility index (Phi) is 6.97. The molecule has 128 valence electrons. The summed E-state index contributed by atoms with van der Waals surface area (Å²) >= 11 is 0. The van der Waals surface area contributed by atoms with E-state index in [1.54, 1.807) is 0 Å². The Morgan fingerprint density at radius 2 is 1.78 bits per heavy atom. The van der Waals surface area contributed by atoms with Crippen LogP contribution in [-0.2, 0) is 9.47 Å². The quantitative estimate of drug-likeness (QED) is 0.575. The van der Waals surface area contributed by atoms with Crippen LogP contribution in [0.3, 0.4) is 0 Å². The van der Waals surface area contributed by atoms with E-state index in [-0.39, 0.29) is 12.2 Å². The first-order valence-electron chi connectivity index (χ1n) is 9.02. The monoisotopic (exact) mass is 318 g/mol. The Labute approximate surface area is 141 Å². The fourth-order valence-electron chi connectivity index (χ4n) is 2.93. The van der Waals surface area contributed by atoms with Crippen molar-refractivity contribution in [1.29, 1.82) is 0 Å². The van der Waals surface area contributed by atoms with Gasteiger partial charge in [0.2, 0.25) is 0 Å². The van der Waals surface area contributed by atoms with Crippen molar-refractivity contribution in [2.24, 2.45) is 5.92 Å². The zero-order valence-corrected chi connectivity index (χ0v) is 14.7. The van der Waals surface area contributed by atoms with E-state index >= 15 is 0 Å². The smallest absolute Gasteiger partial charge is 0.163 e. The number of unbranched alkanes of at least 4 members (excludes halogenated alkanes) is 1. The molecule has 0 spiro atoms. The molecular weight excluding hydrogens is 288 g/mol. The number of hydrogen-bond donors (Lipinski definition) is 1. The zero-order chi connectivity index (χ0) is 16.7. The molecule has 0 aromatic carbocycles. The predicted molar refractivity (Wildman–Crippen MR) is 91.5 cm³/mol. The zero-order valence-electron chi connectivity index (χ0n) is 14.7. The maximum Gasteiger partial charge on any atom is 0.163 e. The van der Waals surface area contributed by atoms with Crippen LogP contribution in [0.25, 0.3) is 0 Å². The third-order valence-electron chi connectivity index (χ3n) is 4.41. The van der Waals surface area contributed by atoms with Crippen molar-refractivity contribution < 1.29 is 14.6 Å². The van der Waals surface area contributed by atoms with Gasteiger partial charge in [0, 0.05) is 6.42 Å². The van der Waals surface area contributed by atoms with Crippen molar-refractivity contribution in [3.05, 3.63) is 0 Å². The van der Waals surface area contributed by atoms with Crippen LogP contribution >= 0.6 is 0 Å². The molecule has 1 saturated carbocycles. The molecule has 0 aromatic rings. The SMILES string of the molecule is CCC(O)C#CC#CCC1OC(C)(C)OC1CCCCC1CC1. The maximum atomic E-state index is 9.36. The lowest BCUT2D eigenvalue weighted by Gasteiger charge is -2.16. The summed E-state index contributed by atoms with van der Waals surface area (Å²) in [6.07, 6.45) is 8.62. The van der Waals surface area contributed by atoms with E-state index in [1.165, 1.54) is 32.1 Å². The Balaban J connectivity index is 1.76. The first-order chi connectivity index (χ1) is 11.0. The largest absolute Gasteiger partial charge is 0.380 e. The van der Waals surface area contributed by atoms with Gasteiger partial charge in [0.05, 0.1) is 12.2 Å². The minimum absolute atomic E-state index is 0.0244. The molecular formula is C20H30O3. The lowest BCUT2D eigenvalue weighted by molar-refractivity contribution is -0.146. The predicted octanol–water partition coefficient (Wildman–Crippen LogP) is 3.64. The average molecular weight is 318 g/mol. The fraction of sp³-hybridized carbons (Fsp3) is 0.800. The minimum Gasteiger partial charge on any atom is -0.380 e. The summed E-state index contributed by atoms with van der Waals surface area (Å²) in [7, 11) is 0. The third kappa shape index (κ3) is 6.96. The Hall–Kier alpha value is -1.00. The van der Waals surface area contributed by atoms with Gasteiger partial charge in [0.1, 0.15) is 6.10 Å². The number of hydrogen-bond acceptors (Lipinski definition) is 3. The summed E-state index contributed by atoms with van der Waals surface area (Å²) in [5, 5.41) is 9.36. The second-order valence-corrected chi connectivity index (χ2v) is 7.14. The maximum absolute atomic E-state index is 9.36. The lowest BCUT2D eigenvalue weighted by Crippen LogP contribution is -2.22. The molecule has 3 nitrogen and oxygen atoms in total. The standard InChI is InChI=1S/C20H30O3/c1-4-17(21)11-6-5-7-12-18-19(23-20(2,3)22-18)13-9-8-10-16-14-15-16/h16-19,21H,4,8-10,12-15H2,1-3H3. The highest BCUT2D eigenvalue weighted by Crippen LogP contribution is 2.36. The van der Waals surface area contributed by atoms with Crippen molar-refractivity contribution in [3.8, 4) is 23.7 Å². The van der Waals surface area contributed by atoms with E-state index in [4.69, 9.17) is 9.47 Å². The topological polar surface area (TPSA) is 38.7 Å². The van der Waals surface area contributed by atoms with Gasteiger partial charge in [-0.2, -0.15) is 0 Å². The number of rotatable bonds is 7. The van der Waals surface area contributed by atoms with Gasteiger partial charge in [-0.1, -0.05) is 50.9 Å². The van der Waals surface area contributed by atoms with Crippen molar-refractivity contribution >= 4 is 0 Å². The molecule has 3 atom stereocenters. The number of aliphatic hydroxyl groups is 1. The summed E-state index contributed by atoms with van der Waals surface area (Å²) in [4.78, 5) is 0. The Morgan fingerprint density at radius 3 is 2.48 bits per heavy atom. The molecule has 0 aromatic heterocycles. The van der Waals surface area contributed by atoms with E-state index in [0.717, 1.165) is 12.3 Å². The van der Waals surface area contributed by atoms with Gasteiger partial charge in [0.25, 0.3) is 0 Å². The molecule has 3 heteroatoms. The van der Waals surface area contributed by atoms with Gasteiger partial charge < -0.3 is 14.6 Å². The van der Waals surface area contributed by atoms with Crippen molar-refractivity contribution in [3.63, 3.8) is 0 Å². The molecule has 1 heterocycles. The normalized spacial score (nSPS) is 26.8. The van der Waals surface area contributed by atoms with E-state index in [0.29, 0.717) is 12.8 Å². The second-order valence-electron chi connectivity index (χ2n) is 7.14. The van der Waals surface area contributed by atoms with E-state index in [9.17, 15) is 5.11 Å². The number of ether oxygens (including phenoxy) is 2. The molecule has 1 aliphatic heterocycles. The molecule has 0 bridgehead atoms. The van der Waals surface area contributed by atoms with E-state index in [2.05, 4.69) is 23.7 Å². The average Bonchev–Trinajstić information content (AvgIpc) is 3.27. The Morgan fingerprint density at radius 1 is 1.09 bits per heavy atom. The van der Waals surface area contributed by atoms with Crippen molar-refractivity contribution in [2.75, 3.05) is 0 Å². The second kappa shape index (κ2) is 8.74. The molecule has 1 N–H and O–H groups in total. The highest BCUT2D eigenvalue weighted by atomic mass is 16.7. The molecule has 23 heavy (non-hydrogen) atoms. The van der Waals surface area contributed by atoms with Crippen LogP contribution in [0.5, 0.6) is 0 Å². The van der Waals surface area contributed by atoms with Gasteiger partial charge >= 0.3 is 0 Å². The fourth-order valence-corrected chi connectivity index (χ4v) is 2.93. The summed E-state index contributed by atoms with van der Waals surface area (Å²) < 4.78 is 12.0. The van der Waals surface area contributed by atoms with Crippen LogP contribution in [0.2, 0.25) is 0 Å². The van der Waals surface area contributed by atoms with Gasteiger partial charge in [-0.15, -0.1) is 0 Å². The highest BCUT2D eigenvalue weighted by molar-refractivity contribution is 5.27. The lowest BCUT2D eigenvalue weighted by atomic mass is 10.0. The summed E-state index contributed by atoms with van der Waals surface area (Å²) in [5.41, 5.74) is 0. The van der Waals surface area contributed by atoms with E-state index < -0.39 is 11.9 Å². The van der Waals surface area contributed by atoms with Crippen LogP contribution in [-0.4, -0.2) is 29.2 Å². The highest BCUT2D eigenvalue weighted by Gasteiger charge is 2.40. The van der Waals surface area contributed by atoms with E-state index in [1.807, 2.05) is 20.8 Å². The van der Waals surface area contributed by atoms with Crippen LogP contribution in [0.1, 0.15) is 72.1 Å². The molecule has 0 radical (unpaired) electrons. The molecule has 3 unspecified atom stereocenters. The summed E-state index contributed by atoms with van der Waals surface area (Å²) in [6.45, 7) is 5.83. The molecule has 0 amide bonds. The summed E-state index contributed by atoms with van der Waals surface area (Å²) in [5.74, 6) is 11.8. The van der Waals surface area contributed by atoms with Crippen molar-refractivity contribution in [1.82, 2.24) is 0 Å². The van der Waals surface area contributed by atoms with Gasteiger partial charge in [-0.05, 0) is 44.4 Å². The first-order valence-corrected chi connectivity index (χ1v) is 9.02. The van der Waals surface area contributed by atoms with Gasteiger partial charge in [-0.25, -0.2) is 0 Å². The third-order valence-corrected chi connectivity index (χ3v) is 4.41. The molecule has 1 saturated heterocycles. The summed E-state index contributed by atoms with van der Waals surface area (Å²) in [6, 6.07) is 0. The Bertz CT molecular complexity index is 484. The van der Waals surface area contributed by atoms with Crippen LogP contribution < -0.4 is 0 Å². The van der Waals surface area contributed by atoms with Gasteiger partial charge in [0.15, 0.2) is 5.79 Å². The molecule has 1 aliphatic carbocycles. The van der Waals surface area contributed by atoms with Crippen LogP contribution in [0.4, 0.5) is 0 Å². The van der Waals surface area contributed by atoms with Crippen LogP contribution in [0, 0.1) is 29.6 Å². The molecule has 2 rings (SSSR count). The van der Waals surface area contributed by atoms with Crippen LogP contribution in [0.15, 0.2) is 0 Å². The number of aliphatic hydroxyl groups excluding tert-OH is 1. The first kappa shape index (κ1) is 18.3. The molecule has 2 fully saturated rings. The van der Waals surface area contributed by atoms with Gasteiger partial charge in [-0.3, -0.25) is 0 Å².